The third-order valence-corrected chi connectivity index (χ3v) is 4.77. The van der Waals surface area contributed by atoms with Gasteiger partial charge < -0.3 is 11.5 Å². The molecule has 0 bridgehead atoms. The fourth-order valence-electron chi connectivity index (χ4n) is 2.87. The predicted molar refractivity (Wildman–Crippen MR) is 114 cm³/mol. The van der Waals surface area contributed by atoms with E-state index >= 15 is 0 Å². The van der Waals surface area contributed by atoms with E-state index in [1.54, 1.807) is 22.5 Å². The van der Waals surface area contributed by atoms with Gasteiger partial charge in [-0.05, 0) is 49.2 Å². The summed E-state index contributed by atoms with van der Waals surface area (Å²) in [5, 5.41) is 8.17. The summed E-state index contributed by atoms with van der Waals surface area (Å²) in [6.45, 7) is 4.36. The standard InChI is InChI=1S/2C11H11F2N3/c1-7-11(14)5-15-16(7)6-8-2-3-9(12)10(13)4-8;1-7-11(14)6-16(15-7)5-8-2-3-9(12)10(13)4-8/h2-5H,6,14H2,1H3;2-4,6H,5,14H2,1H3. The molecule has 0 spiro atoms. The highest BCUT2D eigenvalue weighted by Gasteiger charge is 2.07. The molecule has 6 nitrogen and oxygen atoms in total. The number of benzene rings is 2. The van der Waals surface area contributed by atoms with Crippen molar-refractivity contribution in [1.82, 2.24) is 19.6 Å². The molecule has 4 N–H and O–H groups in total. The highest BCUT2D eigenvalue weighted by Crippen LogP contribution is 2.14. The van der Waals surface area contributed by atoms with Crippen LogP contribution in [0.1, 0.15) is 22.5 Å². The fourth-order valence-corrected chi connectivity index (χ4v) is 2.87. The molecule has 4 rings (SSSR count). The van der Waals surface area contributed by atoms with E-state index in [1.807, 2.05) is 6.92 Å². The number of nitrogen functional groups attached to an aromatic ring is 2. The zero-order valence-electron chi connectivity index (χ0n) is 17.5. The first-order valence-electron chi connectivity index (χ1n) is 9.59. The van der Waals surface area contributed by atoms with Gasteiger partial charge >= 0.3 is 0 Å². The molecule has 0 saturated carbocycles. The second kappa shape index (κ2) is 9.54. The maximum atomic E-state index is 13.0. The largest absolute Gasteiger partial charge is 0.396 e. The number of hydrogen-bond donors (Lipinski definition) is 2. The highest BCUT2D eigenvalue weighted by atomic mass is 19.2. The van der Waals surface area contributed by atoms with Gasteiger partial charge in [-0.1, -0.05) is 12.1 Å². The first kappa shape index (κ1) is 22.9. The van der Waals surface area contributed by atoms with Gasteiger partial charge in [0.2, 0.25) is 0 Å². The van der Waals surface area contributed by atoms with Crippen LogP contribution in [0.15, 0.2) is 48.8 Å². The molecule has 0 radical (unpaired) electrons. The zero-order chi connectivity index (χ0) is 23.4. The van der Waals surface area contributed by atoms with E-state index in [1.165, 1.54) is 18.3 Å². The van der Waals surface area contributed by atoms with Crippen LogP contribution < -0.4 is 11.5 Å². The van der Waals surface area contributed by atoms with Crippen molar-refractivity contribution in [3.63, 3.8) is 0 Å². The summed E-state index contributed by atoms with van der Waals surface area (Å²) in [6.07, 6.45) is 3.20. The summed E-state index contributed by atoms with van der Waals surface area (Å²) >= 11 is 0. The lowest BCUT2D eigenvalue weighted by Gasteiger charge is -2.05. The number of aryl methyl sites for hydroxylation is 1. The van der Waals surface area contributed by atoms with Crippen LogP contribution in [-0.2, 0) is 13.1 Å². The Kier molecular flexibility index (Phi) is 6.82. The van der Waals surface area contributed by atoms with Crippen molar-refractivity contribution < 1.29 is 17.6 Å². The molecule has 0 saturated heterocycles. The molecule has 10 heteroatoms. The predicted octanol–water partition coefficient (Wildman–Crippen LogP) is 4.20. The van der Waals surface area contributed by atoms with Crippen LogP contribution in [0.25, 0.3) is 0 Å². The number of nitrogens with zero attached hydrogens (tertiary/aromatic N) is 4. The van der Waals surface area contributed by atoms with Crippen LogP contribution in [0, 0.1) is 37.1 Å². The first-order valence-corrected chi connectivity index (χ1v) is 9.59. The Hall–Kier alpha value is -3.82. The van der Waals surface area contributed by atoms with Crippen LogP contribution in [0.3, 0.4) is 0 Å². The van der Waals surface area contributed by atoms with Gasteiger partial charge in [0, 0.05) is 6.20 Å². The third-order valence-electron chi connectivity index (χ3n) is 4.77. The van der Waals surface area contributed by atoms with Gasteiger partial charge in [0.25, 0.3) is 0 Å². The summed E-state index contributed by atoms with van der Waals surface area (Å²) < 4.78 is 54.5. The molecule has 0 aliphatic heterocycles. The molecule has 2 heterocycles. The van der Waals surface area contributed by atoms with E-state index < -0.39 is 23.3 Å². The van der Waals surface area contributed by atoms with Gasteiger partial charge in [0.05, 0.1) is 42.0 Å². The number of hydrogen-bond acceptors (Lipinski definition) is 4. The molecule has 0 aliphatic carbocycles. The summed E-state index contributed by atoms with van der Waals surface area (Å²) in [5.41, 5.74) is 15.3. The van der Waals surface area contributed by atoms with E-state index in [4.69, 9.17) is 11.5 Å². The maximum Gasteiger partial charge on any atom is 0.159 e. The summed E-state index contributed by atoms with van der Waals surface area (Å²) in [4.78, 5) is 0. The molecule has 0 unspecified atom stereocenters. The minimum atomic E-state index is -0.852. The minimum Gasteiger partial charge on any atom is -0.396 e. The quantitative estimate of drug-likeness (QED) is 0.460. The van der Waals surface area contributed by atoms with Crippen molar-refractivity contribution in [1.29, 1.82) is 0 Å². The molecule has 4 aromatic rings. The lowest BCUT2D eigenvalue weighted by Crippen LogP contribution is -2.04. The number of nitrogens with two attached hydrogens (primary N) is 2. The number of rotatable bonds is 4. The third kappa shape index (κ3) is 5.45. The average molecular weight is 446 g/mol. The van der Waals surface area contributed by atoms with Crippen molar-refractivity contribution in [3.05, 3.63) is 94.6 Å². The normalized spacial score (nSPS) is 10.7. The van der Waals surface area contributed by atoms with Crippen molar-refractivity contribution in [3.8, 4) is 0 Å². The molecular formula is C22H22F4N6. The van der Waals surface area contributed by atoms with Crippen LogP contribution in [-0.4, -0.2) is 19.6 Å². The molecule has 168 valence electrons. The number of anilines is 2. The Bertz CT molecular complexity index is 1210. The van der Waals surface area contributed by atoms with Gasteiger partial charge in [0.15, 0.2) is 23.3 Å². The maximum absolute atomic E-state index is 13.0. The van der Waals surface area contributed by atoms with Crippen LogP contribution in [0.4, 0.5) is 28.9 Å². The van der Waals surface area contributed by atoms with Crippen molar-refractivity contribution in [2.75, 3.05) is 11.5 Å². The van der Waals surface area contributed by atoms with Gasteiger partial charge in [-0.25, -0.2) is 17.6 Å². The smallest absolute Gasteiger partial charge is 0.159 e. The van der Waals surface area contributed by atoms with E-state index in [9.17, 15) is 17.6 Å². The number of aromatic nitrogens is 4. The lowest BCUT2D eigenvalue weighted by atomic mass is 10.2. The van der Waals surface area contributed by atoms with Crippen molar-refractivity contribution in [2.45, 2.75) is 26.9 Å². The second-order valence-corrected chi connectivity index (χ2v) is 7.21. The fraction of sp³-hybridized carbons (Fsp3) is 0.182. The van der Waals surface area contributed by atoms with Crippen LogP contribution in [0.5, 0.6) is 0 Å². The molecule has 0 amide bonds. The zero-order valence-corrected chi connectivity index (χ0v) is 17.5. The molecular weight excluding hydrogens is 424 g/mol. The van der Waals surface area contributed by atoms with Crippen molar-refractivity contribution >= 4 is 11.4 Å². The van der Waals surface area contributed by atoms with Gasteiger partial charge in [-0.2, -0.15) is 10.2 Å². The number of halogens is 4. The summed E-state index contributed by atoms with van der Waals surface area (Å²) in [6, 6.07) is 7.56. The van der Waals surface area contributed by atoms with Gasteiger partial charge in [-0.15, -0.1) is 0 Å². The Morgan fingerprint density at radius 1 is 0.781 bits per heavy atom. The van der Waals surface area contributed by atoms with Crippen molar-refractivity contribution in [2.24, 2.45) is 0 Å². The summed E-state index contributed by atoms with van der Waals surface area (Å²) in [5.74, 6) is -3.40. The Morgan fingerprint density at radius 3 is 1.78 bits per heavy atom. The van der Waals surface area contributed by atoms with E-state index in [-0.39, 0.29) is 0 Å². The van der Waals surface area contributed by atoms with Crippen LogP contribution >= 0.6 is 0 Å². The average Bonchev–Trinajstić information content (AvgIpc) is 3.23. The van der Waals surface area contributed by atoms with Gasteiger partial charge in [0.1, 0.15) is 0 Å². The molecule has 2 aromatic heterocycles. The Morgan fingerprint density at radius 2 is 1.34 bits per heavy atom. The monoisotopic (exact) mass is 446 g/mol. The first-order chi connectivity index (χ1) is 15.1. The second-order valence-electron chi connectivity index (χ2n) is 7.21. The van der Waals surface area contributed by atoms with E-state index in [2.05, 4.69) is 10.2 Å². The Labute approximate surface area is 182 Å². The van der Waals surface area contributed by atoms with Crippen LogP contribution in [0.2, 0.25) is 0 Å². The molecule has 0 fully saturated rings. The summed E-state index contributed by atoms with van der Waals surface area (Å²) in [7, 11) is 0. The molecule has 32 heavy (non-hydrogen) atoms. The molecule has 0 atom stereocenters. The highest BCUT2D eigenvalue weighted by molar-refractivity contribution is 5.40. The Balaban J connectivity index is 0.000000181. The molecule has 2 aromatic carbocycles. The SMILES string of the molecule is Cc1c(N)cnn1Cc1ccc(F)c(F)c1.Cc1nn(Cc2ccc(F)c(F)c2)cc1N. The van der Waals surface area contributed by atoms with E-state index in [0.29, 0.717) is 35.6 Å². The topological polar surface area (TPSA) is 87.7 Å². The van der Waals surface area contributed by atoms with Gasteiger partial charge in [-0.3, -0.25) is 9.36 Å². The lowest BCUT2D eigenvalue weighted by molar-refractivity contribution is 0.505. The minimum absolute atomic E-state index is 0.370. The van der Waals surface area contributed by atoms with E-state index in [0.717, 1.165) is 35.7 Å². The molecule has 0 aliphatic rings.